The van der Waals surface area contributed by atoms with E-state index in [4.69, 9.17) is 11.6 Å². The maximum atomic E-state index is 13.1. The fourth-order valence-corrected chi connectivity index (χ4v) is 3.10. The molecule has 0 aliphatic heterocycles. The summed E-state index contributed by atoms with van der Waals surface area (Å²) in [6.45, 7) is 2.37. The normalized spacial score (nSPS) is 13.4. The van der Waals surface area contributed by atoms with Crippen molar-refractivity contribution >= 4 is 22.9 Å². The van der Waals surface area contributed by atoms with Crippen molar-refractivity contribution in [3.05, 3.63) is 50.9 Å². The smallest absolute Gasteiger partial charge is 0.306 e. The predicted octanol–water partition coefficient (Wildman–Crippen LogP) is 4.51. The van der Waals surface area contributed by atoms with Crippen LogP contribution in [0.15, 0.2) is 30.6 Å². The van der Waals surface area contributed by atoms with E-state index in [1.54, 1.807) is 12.1 Å². The Morgan fingerprint density at radius 1 is 1.35 bits per heavy atom. The summed E-state index contributed by atoms with van der Waals surface area (Å²) >= 11 is 7.13. The van der Waals surface area contributed by atoms with Crippen LogP contribution in [0.3, 0.4) is 0 Å². The number of aromatic nitrogens is 1. The first-order valence-corrected chi connectivity index (χ1v) is 7.12. The zero-order valence-corrected chi connectivity index (χ0v) is 12.1. The summed E-state index contributed by atoms with van der Waals surface area (Å²) in [6.07, 6.45) is -2.01. The average Bonchev–Trinajstić information content (AvgIpc) is 2.81. The van der Waals surface area contributed by atoms with Gasteiger partial charge in [-0.25, -0.2) is 0 Å². The number of pyridine rings is 1. The van der Waals surface area contributed by atoms with Crippen molar-refractivity contribution in [1.29, 1.82) is 0 Å². The number of hydrogen-bond donors (Lipinski definition) is 1. The predicted molar refractivity (Wildman–Crippen MR) is 74.1 cm³/mol. The molecule has 0 saturated heterocycles. The third-order valence-electron chi connectivity index (χ3n) is 2.76. The van der Waals surface area contributed by atoms with Crippen LogP contribution in [0.1, 0.15) is 29.0 Å². The van der Waals surface area contributed by atoms with Gasteiger partial charge in [-0.2, -0.15) is 13.2 Å². The lowest BCUT2D eigenvalue weighted by Crippen LogP contribution is -2.24. The van der Waals surface area contributed by atoms with Crippen molar-refractivity contribution in [1.82, 2.24) is 10.3 Å². The first-order chi connectivity index (χ1) is 9.43. The maximum absolute atomic E-state index is 13.1. The number of nitrogens with one attached hydrogen (secondary N) is 1. The molecule has 1 N–H and O–H groups in total. The number of halogens is 4. The number of hydrogen-bond acceptors (Lipinski definition) is 3. The van der Waals surface area contributed by atoms with E-state index in [-0.39, 0.29) is 5.56 Å². The molecule has 0 bridgehead atoms. The lowest BCUT2D eigenvalue weighted by Gasteiger charge is -2.21. The fourth-order valence-electron chi connectivity index (χ4n) is 1.95. The van der Waals surface area contributed by atoms with E-state index < -0.39 is 17.8 Å². The van der Waals surface area contributed by atoms with Gasteiger partial charge in [-0.15, -0.1) is 11.3 Å². The Hall–Kier alpha value is -1.11. The molecule has 2 aromatic rings. The zero-order chi connectivity index (χ0) is 14.8. The van der Waals surface area contributed by atoms with Gasteiger partial charge < -0.3 is 5.32 Å². The summed E-state index contributed by atoms with van der Waals surface area (Å²) in [5.41, 5.74) is -0.566. The van der Waals surface area contributed by atoms with Gasteiger partial charge in [0.25, 0.3) is 0 Å². The van der Waals surface area contributed by atoms with Crippen molar-refractivity contribution in [2.45, 2.75) is 19.1 Å². The molecule has 0 fully saturated rings. The molecule has 0 amide bonds. The maximum Gasteiger partial charge on any atom is 0.416 e. The molecular weight excluding hydrogens is 309 g/mol. The Labute approximate surface area is 123 Å². The summed E-state index contributed by atoms with van der Waals surface area (Å²) in [4.78, 5) is 4.56. The van der Waals surface area contributed by atoms with Crippen LogP contribution < -0.4 is 5.32 Å². The molecule has 0 aromatic carbocycles. The largest absolute Gasteiger partial charge is 0.416 e. The highest BCUT2D eigenvalue weighted by atomic mass is 35.5. The van der Waals surface area contributed by atoms with Crippen LogP contribution in [-0.2, 0) is 6.18 Å². The monoisotopic (exact) mass is 320 g/mol. The van der Waals surface area contributed by atoms with Gasteiger partial charge in [0.15, 0.2) is 0 Å². The Bertz CT molecular complexity index is 583. The minimum Gasteiger partial charge on any atom is -0.306 e. The average molecular weight is 321 g/mol. The van der Waals surface area contributed by atoms with E-state index in [0.29, 0.717) is 10.9 Å². The van der Waals surface area contributed by atoms with Crippen LogP contribution in [0.4, 0.5) is 13.2 Å². The number of rotatable bonds is 4. The minimum absolute atomic E-state index is 0.111. The molecule has 0 aliphatic rings. The van der Waals surface area contributed by atoms with E-state index in [0.717, 1.165) is 17.1 Å². The van der Waals surface area contributed by atoms with E-state index in [1.807, 2.05) is 6.92 Å². The van der Waals surface area contributed by atoms with Crippen molar-refractivity contribution in [2.24, 2.45) is 0 Å². The highest BCUT2D eigenvalue weighted by molar-refractivity contribution is 7.16. The topological polar surface area (TPSA) is 24.9 Å². The molecular formula is C13H12ClF3N2S. The van der Waals surface area contributed by atoms with Gasteiger partial charge in [-0.05, 0) is 24.7 Å². The van der Waals surface area contributed by atoms with Gasteiger partial charge in [0.05, 0.1) is 15.9 Å². The van der Waals surface area contributed by atoms with E-state index in [1.165, 1.54) is 17.5 Å². The van der Waals surface area contributed by atoms with Gasteiger partial charge in [0.2, 0.25) is 0 Å². The highest BCUT2D eigenvalue weighted by Gasteiger charge is 2.35. The van der Waals surface area contributed by atoms with Crippen molar-refractivity contribution in [3.63, 3.8) is 0 Å². The van der Waals surface area contributed by atoms with Crippen LogP contribution in [0.5, 0.6) is 0 Å². The molecule has 2 aromatic heterocycles. The molecule has 20 heavy (non-hydrogen) atoms. The number of alkyl halides is 3. The Morgan fingerprint density at radius 3 is 2.65 bits per heavy atom. The van der Waals surface area contributed by atoms with Gasteiger partial charge in [-0.1, -0.05) is 18.5 Å². The molecule has 108 valence electrons. The molecule has 0 saturated carbocycles. The highest BCUT2D eigenvalue weighted by Crippen LogP contribution is 2.38. The minimum atomic E-state index is -4.41. The van der Waals surface area contributed by atoms with Gasteiger partial charge in [0, 0.05) is 22.8 Å². The molecule has 1 unspecified atom stereocenters. The van der Waals surface area contributed by atoms with E-state index >= 15 is 0 Å². The van der Waals surface area contributed by atoms with Crippen LogP contribution in [0.2, 0.25) is 4.34 Å². The summed E-state index contributed by atoms with van der Waals surface area (Å²) < 4.78 is 39.8. The lowest BCUT2D eigenvalue weighted by molar-refractivity contribution is -0.138. The van der Waals surface area contributed by atoms with Gasteiger partial charge in [-0.3, -0.25) is 4.98 Å². The second-order valence-corrected chi connectivity index (χ2v) is 5.84. The van der Waals surface area contributed by atoms with E-state index in [2.05, 4.69) is 10.3 Å². The molecule has 2 heterocycles. The molecule has 1 atom stereocenters. The van der Waals surface area contributed by atoms with Gasteiger partial charge in [0.1, 0.15) is 0 Å². The van der Waals surface area contributed by atoms with Crippen LogP contribution >= 0.6 is 22.9 Å². The lowest BCUT2D eigenvalue weighted by atomic mass is 10.0. The Kier molecular flexibility index (Phi) is 4.67. The first kappa shape index (κ1) is 15.3. The number of thiophene rings is 1. The summed E-state index contributed by atoms with van der Waals surface area (Å²) in [7, 11) is 0. The van der Waals surface area contributed by atoms with Crippen LogP contribution in [0.25, 0.3) is 0 Å². The standard InChI is InChI=1S/C13H12ClF3N2S/c1-2-19-12(10-3-4-11(14)20-10)8-7-18-6-5-9(8)13(15,16)17/h3-7,12,19H,2H2,1H3. The zero-order valence-electron chi connectivity index (χ0n) is 10.5. The SMILES string of the molecule is CCNC(c1ccc(Cl)s1)c1cnccc1C(F)(F)F. The van der Waals surface area contributed by atoms with Crippen molar-refractivity contribution in [2.75, 3.05) is 6.54 Å². The summed E-state index contributed by atoms with van der Waals surface area (Å²) in [5, 5.41) is 3.05. The molecule has 0 radical (unpaired) electrons. The first-order valence-electron chi connectivity index (χ1n) is 5.93. The summed E-state index contributed by atoms with van der Waals surface area (Å²) in [6, 6.07) is 3.83. The second-order valence-electron chi connectivity index (χ2n) is 4.09. The molecule has 2 nitrogen and oxygen atoms in total. The summed E-state index contributed by atoms with van der Waals surface area (Å²) in [5.74, 6) is 0. The van der Waals surface area contributed by atoms with Crippen molar-refractivity contribution in [3.8, 4) is 0 Å². The van der Waals surface area contributed by atoms with Crippen LogP contribution in [0, 0.1) is 0 Å². The fraction of sp³-hybridized carbons (Fsp3) is 0.308. The second kappa shape index (κ2) is 6.11. The Morgan fingerprint density at radius 2 is 2.10 bits per heavy atom. The Balaban J connectivity index is 2.50. The van der Waals surface area contributed by atoms with E-state index in [9.17, 15) is 13.2 Å². The van der Waals surface area contributed by atoms with Crippen molar-refractivity contribution < 1.29 is 13.2 Å². The third-order valence-corrected chi connectivity index (χ3v) is 4.05. The molecule has 0 aliphatic carbocycles. The quantitative estimate of drug-likeness (QED) is 0.896. The van der Waals surface area contributed by atoms with Gasteiger partial charge >= 0.3 is 6.18 Å². The molecule has 2 rings (SSSR count). The van der Waals surface area contributed by atoms with Crippen LogP contribution in [-0.4, -0.2) is 11.5 Å². The molecule has 7 heteroatoms. The molecule has 0 spiro atoms. The number of nitrogens with zero attached hydrogens (tertiary/aromatic N) is 1. The third kappa shape index (κ3) is 3.31.